The molecule has 1 aromatic heterocycles. The Morgan fingerprint density at radius 3 is 2.25 bits per heavy atom. The van der Waals surface area contributed by atoms with Crippen LogP contribution in [0.2, 0.25) is 0 Å². The van der Waals surface area contributed by atoms with Gasteiger partial charge in [-0.15, -0.1) is 0 Å². The molecule has 1 heterocycles. The minimum Gasteiger partial charge on any atom is -0.370 e. The molecule has 1 aromatic rings. The van der Waals surface area contributed by atoms with E-state index in [0.717, 1.165) is 49.0 Å². The Balaban J connectivity index is 2.15. The van der Waals surface area contributed by atoms with Crippen LogP contribution in [-0.2, 0) is 6.42 Å². The molecule has 2 rings (SSSR count). The van der Waals surface area contributed by atoms with Crippen LogP contribution in [0.5, 0.6) is 0 Å². The Morgan fingerprint density at radius 1 is 1.10 bits per heavy atom. The third kappa shape index (κ3) is 3.41. The molecule has 0 aromatic carbocycles. The quantitative estimate of drug-likeness (QED) is 0.796. The first-order valence-corrected chi connectivity index (χ1v) is 7.93. The Hall–Kier alpha value is -1.32. The molecule has 4 heteroatoms. The zero-order valence-corrected chi connectivity index (χ0v) is 13.3. The largest absolute Gasteiger partial charge is 0.370 e. The van der Waals surface area contributed by atoms with Gasteiger partial charge in [-0.25, -0.2) is 9.97 Å². The van der Waals surface area contributed by atoms with Crippen molar-refractivity contribution >= 4 is 11.6 Å². The first-order chi connectivity index (χ1) is 9.58. The van der Waals surface area contributed by atoms with Crippen LogP contribution in [0.1, 0.15) is 57.8 Å². The lowest BCUT2D eigenvalue weighted by molar-refractivity contribution is 0.180. The highest BCUT2D eigenvalue weighted by Gasteiger charge is 2.31. The summed E-state index contributed by atoms with van der Waals surface area (Å²) in [5, 5.41) is 6.91. The normalized spacial score (nSPS) is 16.6. The van der Waals surface area contributed by atoms with E-state index in [1.54, 1.807) is 0 Å². The average molecular weight is 276 g/mol. The number of nitrogens with zero attached hydrogens (tertiary/aromatic N) is 2. The molecule has 0 unspecified atom stereocenters. The standard InChI is InChI=1S/C16H28N4/c1-5-8-13-19-14(17-6-2)12(3)15(20-13)18-11-16(4)9-7-10-16/h5-11H2,1-4H3,(H2,17,18,19,20). The minimum absolute atomic E-state index is 0.459. The van der Waals surface area contributed by atoms with Crippen LogP contribution < -0.4 is 10.6 Å². The molecule has 0 saturated heterocycles. The molecule has 4 nitrogen and oxygen atoms in total. The number of aryl methyl sites for hydroxylation is 1. The molecule has 1 saturated carbocycles. The second kappa shape index (κ2) is 6.42. The van der Waals surface area contributed by atoms with E-state index in [1.165, 1.54) is 19.3 Å². The highest BCUT2D eigenvalue weighted by atomic mass is 15.1. The van der Waals surface area contributed by atoms with Crippen LogP contribution in [0, 0.1) is 12.3 Å². The Morgan fingerprint density at radius 2 is 1.75 bits per heavy atom. The maximum Gasteiger partial charge on any atom is 0.134 e. The molecule has 2 N–H and O–H groups in total. The number of nitrogens with one attached hydrogen (secondary N) is 2. The molecule has 0 atom stereocenters. The van der Waals surface area contributed by atoms with Gasteiger partial charge in [0.2, 0.25) is 0 Å². The van der Waals surface area contributed by atoms with Crippen molar-refractivity contribution in [1.29, 1.82) is 0 Å². The fourth-order valence-corrected chi connectivity index (χ4v) is 2.66. The lowest BCUT2D eigenvalue weighted by Gasteiger charge is -2.38. The third-order valence-electron chi connectivity index (χ3n) is 4.25. The second-order valence-corrected chi connectivity index (χ2v) is 6.26. The van der Waals surface area contributed by atoms with Crippen molar-refractivity contribution < 1.29 is 0 Å². The third-order valence-corrected chi connectivity index (χ3v) is 4.25. The lowest BCUT2D eigenvalue weighted by Crippen LogP contribution is -2.33. The van der Waals surface area contributed by atoms with Crippen molar-refractivity contribution in [3.8, 4) is 0 Å². The fourth-order valence-electron chi connectivity index (χ4n) is 2.66. The fraction of sp³-hybridized carbons (Fsp3) is 0.750. The molecule has 112 valence electrons. The van der Waals surface area contributed by atoms with Gasteiger partial charge < -0.3 is 10.6 Å². The van der Waals surface area contributed by atoms with Gasteiger partial charge in [-0.05, 0) is 38.5 Å². The smallest absolute Gasteiger partial charge is 0.134 e. The topological polar surface area (TPSA) is 49.8 Å². The van der Waals surface area contributed by atoms with Gasteiger partial charge in [0, 0.05) is 25.1 Å². The van der Waals surface area contributed by atoms with Gasteiger partial charge in [0.25, 0.3) is 0 Å². The summed E-state index contributed by atoms with van der Waals surface area (Å²) in [5.41, 5.74) is 1.59. The second-order valence-electron chi connectivity index (χ2n) is 6.26. The van der Waals surface area contributed by atoms with Gasteiger partial charge >= 0.3 is 0 Å². The van der Waals surface area contributed by atoms with Crippen LogP contribution in [0.3, 0.4) is 0 Å². The van der Waals surface area contributed by atoms with E-state index >= 15 is 0 Å². The van der Waals surface area contributed by atoms with E-state index in [0.29, 0.717) is 5.41 Å². The number of hydrogen-bond acceptors (Lipinski definition) is 4. The lowest BCUT2D eigenvalue weighted by atomic mass is 9.70. The predicted molar refractivity (Wildman–Crippen MR) is 85.4 cm³/mol. The van der Waals surface area contributed by atoms with Gasteiger partial charge in [0.05, 0.1) is 0 Å². The highest BCUT2D eigenvalue weighted by Crippen LogP contribution is 2.40. The average Bonchev–Trinajstić information content (AvgIpc) is 2.39. The highest BCUT2D eigenvalue weighted by molar-refractivity contribution is 5.57. The summed E-state index contributed by atoms with van der Waals surface area (Å²) >= 11 is 0. The van der Waals surface area contributed by atoms with E-state index in [9.17, 15) is 0 Å². The molecule has 0 spiro atoms. The summed E-state index contributed by atoms with van der Waals surface area (Å²) in [5.74, 6) is 2.93. The number of rotatable bonds is 7. The zero-order chi connectivity index (χ0) is 14.6. The molecule has 1 aliphatic carbocycles. The van der Waals surface area contributed by atoms with Crippen LogP contribution in [0.25, 0.3) is 0 Å². The molecule has 0 bridgehead atoms. The maximum atomic E-state index is 4.70. The molecule has 1 fully saturated rings. The van der Waals surface area contributed by atoms with Crippen molar-refractivity contribution in [2.45, 2.75) is 59.8 Å². The van der Waals surface area contributed by atoms with Crippen molar-refractivity contribution in [1.82, 2.24) is 9.97 Å². The van der Waals surface area contributed by atoms with Crippen LogP contribution in [0.4, 0.5) is 11.6 Å². The molecule has 0 amide bonds. The van der Waals surface area contributed by atoms with E-state index < -0.39 is 0 Å². The van der Waals surface area contributed by atoms with Gasteiger partial charge in [-0.1, -0.05) is 20.3 Å². The van der Waals surface area contributed by atoms with Gasteiger partial charge in [0.1, 0.15) is 17.5 Å². The van der Waals surface area contributed by atoms with E-state index in [4.69, 9.17) is 4.98 Å². The molecular formula is C16H28N4. The van der Waals surface area contributed by atoms with Crippen LogP contribution in [0.15, 0.2) is 0 Å². The molecule has 20 heavy (non-hydrogen) atoms. The summed E-state index contributed by atoms with van der Waals surface area (Å²) < 4.78 is 0. The van der Waals surface area contributed by atoms with Gasteiger partial charge in [-0.3, -0.25) is 0 Å². The van der Waals surface area contributed by atoms with E-state index in [-0.39, 0.29) is 0 Å². The number of anilines is 2. The monoisotopic (exact) mass is 276 g/mol. The maximum absolute atomic E-state index is 4.70. The number of hydrogen-bond donors (Lipinski definition) is 2. The van der Waals surface area contributed by atoms with Crippen molar-refractivity contribution in [2.24, 2.45) is 5.41 Å². The molecule has 0 radical (unpaired) electrons. The number of aromatic nitrogens is 2. The summed E-state index contributed by atoms with van der Waals surface area (Å²) in [7, 11) is 0. The van der Waals surface area contributed by atoms with Crippen molar-refractivity contribution in [3.63, 3.8) is 0 Å². The Kier molecular flexibility index (Phi) is 4.84. The first kappa shape index (κ1) is 15.1. The van der Waals surface area contributed by atoms with E-state index in [2.05, 4.69) is 43.3 Å². The Bertz CT molecular complexity index is 452. The van der Waals surface area contributed by atoms with Crippen LogP contribution >= 0.6 is 0 Å². The molecular weight excluding hydrogens is 248 g/mol. The SMILES string of the molecule is CCCc1nc(NCC)c(C)c(NCC2(C)CCC2)n1. The van der Waals surface area contributed by atoms with Crippen LogP contribution in [-0.4, -0.2) is 23.1 Å². The predicted octanol–water partition coefficient (Wildman–Crippen LogP) is 3.77. The van der Waals surface area contributed by atoms with Gasteiger partial charge in [0.15, 0.2) is 0 Å². The zero-order valence-electron chi connectivity index (χ0n) is 13.3. The first-order valence-electron chi connectivity index (χ1n) is 7.93. The summed E-state index contributed by atoms with van der Waals surface area (Å²) in [6, 6.07) is 0. The Labute approximate surface area is 122 Å². The van der Waals surface area contributed by atoms with Crippen molar-refractivity contribution in [3.05, 3.63) is 11.4 Å². The molecule has 0 aliphatic heterocycles. The molecule has 1 aliphatic rings. The minimum atomic E-state index is 0.459. The van der Waals surface area contributed by atoms with Crippen molar-refractivity contribution in [2.75, 3.05) is 23.7 Å². The van der Waals surface area contributed by atoms with E-state index in [1.807, 2.05) is 0 Å². The summed E-state index contributed by atoms with van der Waals surface area (Å²) in [6.45, 7) is 10.6. The van der Waals surface area contributed by atoms with Gasteiger partial charge in [-0.2, -0.15) is 0 Å². The summed E-state index contributed by atoms with van der Waals surface area (Å²) in [6.07, 6.45) is 6.03. The summed E-state index contributed by atoms with van der Waals surface area (Å²) in [4.78, 5) is 9.33.